The lowest BCUT2D eigenvalue weighted by molar-refractivity contribution is -0.165. The number of nitrogens with zero attached hydrogens (tertiary/aromatic N) is 3. The van der Waals surface area contributed by atoms with E-state index in [9.17, 15) is 46.2 Å². The molecule has 0 spiro atoms. The van der Waals surface area contributed by atoms with Crippen LogP contribution in [0, 0.1) is 11.6 Å². The van der Waals surface area contributed by atoms with Crippen molar-refractivity contribution in [2.45, 2.75) is 63.2 Å². The molecule has 1 aliphatic heterocycles. The van der Waals surface area contributed by atoms with E-state index in [1.807, 2.05) is 29.2 Å². The number of rotatable bonds is 14. The molecule has 0 aliphatic carbocycles. The van der Waals surface area contributed by atoms with Crippen molar-refractivity contribution in [2.24, 2.45) is 0 Å². The van der Waals surface area contributed by atoms with E-state index >= 15 is 0 Å². The van der Waals surface area contributed by atoms with Gasteiger partial charge in [0.2, 0.25) is 5.91 Å². The molecule has 5 N–H and O–H groups in total. The van der Waals surface area contributed by atoms with Crippen LogP contribution in [0.3, 0.4) is 0 Å². The Balaban J connectivity index is 0.000000626. The molecule has 1 saturated heterocycles. The molecular weight excluding hydrogens is 809 g/mol. The van der Waals surface area contributed by atoms with Gasteiger partial charge in [0.15, 0.2) is 29.3 Å². The minimum absolute atomic E-state index is 0.0420. The fraction of sp³-hybridized carbons (Fsp3) is 0.318. The minimum Gasteiger partial charge on any atom is -0.479 e. The molecular formula is C44H44F5N3O9. The fourth-order valence-corrected chi connectivity index (χ4v) is 7.14. The SMILES string of the molecule is O=C(Cn1c(CCc2cccc(F)c2F)cc(=O)c2ccccc21)N(Cc1ccc(-c2ccc(C(F)(F)F)cc2)cc1)C1CCN(CCO)CC1.O=C(O)C(O)C(O)C(=O)O. The molecule has 2 unspecified atom stereocenters. The molecule has 1 aromatic heterocycles. The molecule has 61 heavy (non-hydrogen) atoms. The number of β-amino-alcohol motifs (C(OH)–C–C–N with tert-alkyl or cyclic N) is 1. The van der Waals surface area contributed by atoms with Gasteiger partial charge in [0.05, 0.1) is 17.7 Å². The van der Waals surface area contributed by atoms with Crippen molar-refractivity contribution in [3.05, 3.63) is 141 Å². The number of piperidine rings is 1. The largest absolute Gasteiger partial charge is 0.479 e. The number of aromatic nitrogens is 1. The molecule has 17 heteroatoms. The summed E-state index contributed by atoms with van der Waals surface area (Å²) in [5.41, 5.74) is 2.51. The minimum atomic E-state index is -4.42. The van der Waals surface area contributed by atoms with Crippen molar-refractivity contribution in [1.29, 1.82) is 0 Å². The normalized spacial score (nSPS) is 14.5. The number of aliphatic hydroxyl groups is 3. The number of pyridine rings is 1. The number of alkyl halides is 3. The van der Waals surface area contributed by atoms with Crippen LogP contribution in [0.15, 0.2) is 102 Å². The van der Waals surface area contributed by atoms with Crippen LogP contribution in [-0.4, -0.2) is 102 Å². The molecule has 0 saturated carbocycles. The molecule has 5 aromatic rings. The van der Waals surface area contributed by atoms with Crippen LogP contribution in [0.1, 0.15) is 35.2 Å². The molecule has 1 amide bonds. The molecule has 1 fully saturated rings. The Labute approximate surface area is 346 Å². The number of likely N-dealkylation sites (tertiary alicyclic amines) is 1. The Kier molecular flexibility index (Phi) is 15.5. The average Bonchev–Trinajstić information content (AvgIpc) is 3.24. The number of fused-ring (bicyclic) bond motifs is 1. The maximum Gasteiger partial charge on any atom is 0.416 e. The number of aliphatic hydroxyl groups excluding tert-OH is 3. The van der Waals surface area contributed by atoms with E-state index in [1.54, 1.807) is 28.8 Å². The first-order valence-electron chi connectivity index (χ1n) is 19.2. The summed E-state index contributed by atoms with van der Waals surface area (Å²) in [7, 11) is 0. The summed E-state index contributed by atoms with van der Waals surface area (Å²) in [5.74, 6) is -5.61. The van der Waals surface area contributed by atoms with Gasteiger partial charge in [-0.05, 0) is 78.3 Å². The van der Waals surface area contributed by atoms with Gasteiger partial charge in [-0.3, -0.25) is 9.59 Å². The highest BCUT2D eigenvalue weighted by atomic mass is 19.4. The van der Waals surface area contributed by atoms with Gasteiger partial charge in [0.25, 0.3) is 0 Å². The van der Waals surface area contributed by atoms with E-state index < -0.39 is 47.5 Å². The van der Waals surface area contributed by atoms with Gasteiger partial charge in [0, 0.05) is 49.4 Å². The van der Waals surface area contributed by atoms with Crippen molar-refractivity contribution in [3.8, 4) is 11.1 Å². The Hall–Kier alpha value is -6.01. The monoisotopic (exact) mass is 853 g/mol. The van der Waals surface area contributed by atoms with Crippen LogP contribution in [0.4, 0.5) is 22.0 Å². The van der Waals surface area contributed by atoms with E-state index in [1.165, 1.54) is 30.3 Å². The molecule has 2 heterocycles. The van der Waals surface area contributed by atoms with E-state index in [0.717, 1.165) is 29.3 Å². The zero-order valence-electron chi connectivity index (χ0n) is 32.6. The van der Waals surface area contributed by atoms with Crippen LogP contribution in [0.2, 0.25) is 0 Å². The summed E-state index contributed by atoms with van der Waals surface area (Å²) in [6, 6.07) is 24.7. The summed E-state index contributed by atoms with van der Waals surface area (Å²) in [4.78, 5) is 51.1. The van der Waals surface area contributed by atoms with E-state index in [-0.39, 0.29) is 55.5 Å². The molecule has 4 aromatic carbocycles. The average molecular weight is 854 g/mol. The number of aliphatic carboxylic acids is 2. The molecule has 6 rings (SSSR count). The maximum atomic E-state index is 14.6. The number of hydrogen-bond donors (Lipinski definition) is 5. The predicted molar refractivity (Wildman–Crippen MR) is 213 cm³/mol. The Morgan fingerprint density at radius 1 is 0.787 bits per heavy atom. The Morgan fingerprint density at radius 3 is 1.95 bits per heavy atom. The summed E-state index contributed by atoms with van der Waals surface area (Å²) in [5, 5.41) is 42.4. The number of carbonyl (C=O) groups excluding carboxylic acids is 1. The second-order valence-corrected chi connectivity index (χ2v) is 14.5. The lowest BCUT2D eigenvalue weighted by Gasteiger charge is -2.39. The summed E-state index contributed by atoms with van der Waals surface area (Å²) in [6.07, 6.45) is -7.27. The van der Waals surface area contributed by atoms with Gasteiger partial charge in [-0.15, -0.1) is 0 Å². The molecule has 12 nitrogen and oxygen atoms in total. The van der Waals surface area contributed by atoms with Crippen molar-refractivity contribution in [1.82, 2.24) is 14.4 Å². The van der Waals surface area contributed by atoms with E-state index in [4.69, 9.17) is 20.4 Å². The first-order chi connectivity index (χ1) is 29.0. The molecule has 1 aliphatic rings. The van der Waals surface area contributed by atoms with Crippen molar-refractivity contribution in [3.63, 3.8) is 0 Å². The number of para-hydroxylation sites is 1. The number of benzene rings is 4. The third-order valence-electron chi connectivity index (χ3n) is 10.5. The number of amides is 1. The highest BCUT2D eigenvalue weighted by molar-refractivity contribution is 5.84. The number of carbonyl (C=O) groups is 3. The molecule has 324 valence electrons. The van der Waals surface area contributed by atoms with Crippen molar-refractivity contribution >= 4 is 28.7 Å². The van der Waals surface area contributed by atoms with Crippen LogP contribution in [0.5, 0.6) is 0 Å². The first kappa shape index (κ1) is 46.1. The maximum absolute atomic E-state index is 14.6. The summed E-state index contributed by atoms with van der Waals surface area (Å²) < 4.78 is 69.6. The zero-order chi connectivity index (χ0) is 44.4. The lowest BCUT2D eigenvalue weighted by atomic mass is 10.00. The van der Waals surface area contributed by atoms with Gasteiger partial charge >= 0.3 is 18.1 Å². The standard InChI is InChI=1S/C40H38F5N3O3.C4H6O6/c41-35-6-3-4-30(39(35)42)14-17-33-24-37(50)34-5-1-2-7-36(34)47(33)26-38(51)48(32-18-20-46(21-19-32)22-23-49)25-27-8-10-28(11-9-27)29-12-15-31(16-13-29)40(43,44)45;5-1(3(7)8)2(6)4(9)10/h1-13,15-16,24,32,49H,14,17-23,25-26H2;1-2,5-6H,(H,7,8)(H,9,10). The van der Waals surface area contributed by atoms with Gasteiger partial charge < -0.3 is 39.9 Å². The lowest BCUT2D eigenvalue weighted by Crippen LogP contribution is -2.48. The third kappa shape index (κ3) is 11.8. The number of hydrogen-bond acceptors (Lipinski definition) is 8. The summed E-state index contributed by atoms with van der Waals surface area (Å²) >= 11 is 0. The fourth-order valence-electron chi connectivity index (χ4n) is 7.14. The highest BCUT2D eigenvalue weighted by Gasteiger charge is 2.31. The van der Waals surface area contributed by atoms with Gasteiger partial charge in [-0.25, -0.2) is 18.4 Å². The molecule has 2 atom stereocenters. The van der Waals surface area contributed by atoms with Crippen molar-refractivity contribution in [2.75, 3.05) is 26.2 Å². The topological polar surface area (TPSA) is 181 Å². The van der Waals surface area contributed by atoms with Crippen LogP contribution < -0.4 is 5.43 Å². The second kappa shape index (κ2) is 20.5. The quantitative estimate of drug-likeness (QED) is 0.0943. The number of aryl methyl sites for hydroxylation is 2. The van der Waals surface area contributed by atoms with Gasteiger partial charge in [0.1, 0.15) is 6.54 Å². The highest BCUT2D eigenvalue weighted by Crippen LogP contribution is 2.31. The Morgan fingerprint density at radius 2 is 1.38 bits per heavy atom. The Bertz CT molecular complexity index is 2350. The number of carboxylic acid groups (broad SMARTS) is 2. The van der Waals surface area contributed by atoms with E-state index in [0.29, 0.717) is 54.6 Å². The smallest absolute Gasteiger partial charge is 0.416 e. The van der Waals surface area contributed by atoms with Crippen LogP contribution in [0.25, 0.3) is 22.0 Å². The van der Waals surface area contributed by atoms with E-state index in [2.05, 4.69) is 4.90 Å². The van der Waals surface area contributed by atoms with Crippen LogP contribution in [-0.2, 0) is 46.5 Å². The summed E-state index contributed by atoms with van der Waals surface area (Å²) in [6.45, 7) is 2.17. The molecule has 0 radical (unpaired) electrons. The van der Waals surface area contributed by atoms with Crippen LogP contribution >= 0.6 is 0 Å². The number of carboxylic acids is 2. The van der Waals surface area contributed by atoms with Gasteiger partial charge in [-0.1, -0.05) is 60.7 Å². The predicted octanol–water partition coefficient (Wildman–Crippen LogP) is 5.11. The molecule has 0 bridgehead atoms. The first-order valence-corrected chi connectivity index (χ1v) is 19.2. The zero-order valence-corrected chi connectivity index (χ0v) is 32.6. The van der Waals surface area contributed by atoms with Gasteiger partial charge in [-0.2, -0.15) is 13.2 Å². The second-order valence-electron chi connectivity index (χ2n) is 14.5. The third-order valence-corrected chi connectivity index (χ3v) is 10.5. The van der Waals surface area contributed by atoms with Crippen molar-refractivity contribution < 1.29 is 61.9 Å². The number of halogens is 5.